The van der Waals surface area contributed by atoms with Crippen LogP contribution in [0.15, 0.2) is 24.3 Å². The monoisotopic (exact) mass is 323 g/mol. The highest BCUT2D eigenvalue weighted by Gasteiger charge is 2.46. The predicted octanol–water partition coefficient (Wildman–Crippen LogP) is 2.35. The van der Waals surface area contributed by atoms with Crippen LogP contribution in [0.5, 0.6) is 0 Å². The average molecular weight is 323 g/mol. The maximum atomic E-state index is 13.0. The van der Waals surface area contributed by atoms with Crippen molar-refractivity contribution in [1.82, 2.24) is 4.90 Å². The number of rotatable bonds is 4. The van der Waals surface area contributed by atoms with Crippen LogP contribution < -0.4 is 0 Å². The van der Waals surface area contributed by atoms with Crippen LogP contribution >= 0.6 is 0 Å². The third-order valence-electron chi connectivity index (χ3n) is 5.13. The van der Waals surface area contributed by atoms with Crippen LogP contribution in [0.25, 0.3) is 0 Å². The van der Waals surface area contributed by atoms with Gasteiger partial charge in [-0.15, -0.1) is 0 Å². The van der Waals surface area contributed by atoms with E-state index in [1.165, 1.54) is 12.1 Å². The van der Waals surface area contributed by atoms with Crippen molar-refractivity contribution in [2.75, 3.05) is 33.4 Å². The molecule has 0 aromatic heterocycles. The van der Waals surface area contributed by atoms with E-state index in [4.69, 9.17) is 9.47 Å². The molecule has 0 bridgehead atoms. The Morgan fingerprint density at radius 1 is 1.22 bits per heavy atom. The van der Waals surface area contributed by atoms with Gasteiger partial charge in [0, 0.05) is 39.6 Å². The van der Waals surface area contributed by atoms with Gasteiger partial charge in [0.1, 0.15) is 5.82 Å². The van der Waals surface area contributed by atoms with E-state index in [9.17, 15) is 9.50 Å². The molecule has 1 N–H and O–H groups in total. The lowest BCUT2D eigenvalue weighted by Crippen LogP contribution is -2.55. The van der Waals surface area contributed by atoms with Crippen molar-refractivity contribution in [2.45, 2.75) is 43.4 Å². The van der Waals surface area contributed by atoms with E-state index in [0.717, 1.165) is 38.0 Å². The topological polar surface area (TPSA) is 41.9 Å². The number of likely N-dealkylation sites (tertiary alicyclic amines) is 1. The lowest BCUT2D eigenvalue weighted by Gasteiger charge is -2.49. The molecule has 1 spiro atoms. The van der Waals surface area contributed by atoms with Gasteiger partial charge < -0.3 is 14.6 Å². The number of methoxy groups -OCH3 is 1. The van der Waals surface area contributed by atoms with Crippen LogP contribution in [0.4, 0.5) is 4.39 Å². The predicted molar refractivity (Wildman–Crippen MR) is 85.7 cm³/mol. The Hall–Kier alpha value is -1.01. The number of hydrogen-bond donors (Lipinski definition) is 1. The first kappa shape index (κ1) is 16.8. The summed E-state index contributed by atoms with van der Waals surface area (Å²) in [5.74, 6) is -0.195. The SMILES string of the molecule is COCC1(O)CCOC2(CCN(Cc3ccc(F)cc3)CC2)C1. The van der Waals surface area contributed by atoms with Gasteiger partial charge in [0.05, 0.1) is 24.4 Å². The molecule has 0 radical (unpaired) electrons. The Kier molecular flexibility index (Phi) is 5.01. The van der Waals surface area contributed by atoms with Crippen molar-refractivity contribution < 1.29 is 19.0 Å². The third kappa shape index (κ3) is 4.10. The summed E-state index contributed by atoms with van der Waals surface area (Å²) in [7, 11) is 1.63. The number of aliphatic hydroxyl groups is 1. The minimum atomic E-state index is -0.758. The van der Waals surface area contributed by atoms with Crippen LogP contribution in [0.2, 0.25) is 0 Å². The Labute approximate surface area is 137 Å². The zero-order valence-corrected chi connectivity index (χ0v) is 13.8. The lowest BCUT2D eigenvalue weighted by atomic mass is 9.77. The van der Waals surface area contributed by atoms with E-state index >= 15 is 0 Å². The first-order chi connectivity index (χ1) is 11.0. The molecule has 2 aliphatic rings. The van der Waals surface area contributed by atoms with E-state index in [1.807, 2.05) is 12.1 Å². The van der Waals surface area contributed by atoms with Crippen molar-refractivity contribution in [2.24, 2.45) is 0 Å². The number of benzene rings is 1. The zero-order valence-electron chi connectivity index (χ0n) is 13.8. The minimum absolute atomic E-state index is 0.195. The highest BCUT2D eigenvalue weighted by atomic mass is 19.1. The third-order valence-corrected chi connectivity index (χ3v) is 5.13. The molecule has 4 nitrogen and oxygen atoms in total. The summed E-state index contributed by atoms with van der Waals surface area (Å²) in [6.07, 6.45) is 3.13. The van der Waals surface area contributed by atoms with Crippen molar-refractivity contribution in [3.8, 4) is 0 Å². The number of ether oxygens (including phenoxy) is 2. The maximum absolute atomic E-state index is 13.0. The average Bonchev–Trinajstić information content (AvgIpc) is 2.52. The fourth-order valence-corrected chi connectivity index (χ4v) is 3.88. The van der Waals surface area contributed by atoms with Gasteiger partial charge >= 0.3 is 0 Å². The molecule has 2 saturated heterocycles. The molecule has 128 valence electrons. The summed E-state index contributed by atoms with van der Waals surface area (Å²) in [6.45, 7) is 3.66. The van der Waals surface area contributed by atoms with Crippen molar-refractivity contribution in [1.29, 1.82) is 0 Å². The molecular formula is C18H26FNO3. The van der Waals surface area contributed by atoms with Gasteiger partial charge in [0.15, 0.2) is 0 Å². The number of hydrogen-bond acceptors (Lipinski definition) is 4. The van der Waals surface area contributed by atoms with Gasteiger partial charge in [-0.25, -0.2) is 4.39 Å². The van der Waals surface area contributed by atoms with Crippen LogP contribution in [0.3, 0.4) is 0 Å². The van der Waals surface area contributed by atoms with E-state index < -0.39 is 5.60 Å². The van der Waals surface area contributed by atoms with Crippen molar-refractivity contribution in [3.63, 3.8) is 0 Å². The largest absolute Gasteiger partial charge is 0.387 e. The van der Waals surface area contributed by atoms with Gasteiger partial charge in [0.25, 0.3) is 0 Å². The molecule has 1 atom stereocenters. The fraction of sp³-hybridized carbons (Fsp3) is 0.667. The van der Waals surface area contributed by atoms with Crippen LogP contribution in [-0.4, -0.2) is 54.6 Å². The first-order valence-electron chi connectivity index (χ1n) is 8.35. The van der Waals surface area contributed by atoms with Gasteiger partial charge in [0.2, 0.25) is 0 Å². The summed E-state index contributed by atoms with van der Waals surface area (Å²) in [6, 6.07) is 6.70. The zero-order chi connectivity index (χ0) is 16.3. The summed E-state index contributed by atoms with van der Waals surface area (Å²) in [5.41, 5.74) is 0.152. The number of nitrogens with zero attached hydrogens (tertiary/aromatic N) is 1. The molecule has 1 unspecified atom stereocenters. The Morgan fingerprint density at radius 3 is 2.57 bits per heavy atom. The van der Waals surface area contributed by atoms with E-state index in [2.05, 4.69) is 4.90 Å². The minimum Gasteiger partial charge on any atom is -0.387 e. The Morgan fingerprint density at radius 2 is 1.91 bits per heavy atom. The van der Waals surface area contributed by atoms with Crippen molar-refractivity contribution in [3.05, 3.63) is 35.6 Å². The molecule has 1 aromatic carbocycles. The molecule has 1 aromatic rings. The van der Waals surface area contributed by atoms with Gasteiger partial charge in [-0.3, -0.25) is 4.90 Å². The highest BCUT2D eigenvalue weighted by molar-refractivity contribution is 5.16. The van der Waals surface area contributed by atoms with E-state index in [-0.39, 0.29) is 11.4 Å². The molecule has 23 heavy (non-hydrogen) atoms. The molecule has 2 fully saturated rings. The highest BCUT2D eigenvalue weighted by Crippen LogP contribution is 2.39. The van der Waals surface area contributed by atoms with Crippen LogP contribution in [0, 0.1) is 5.82 Å². The quantitative estimate of drug-likeness (QED) is 0.923. The normalized spacial score (nSPS) is 28.1. The summed E-state index contributed by atoms with van der Waals surface area (Å²) < 4.78 is 24.2. The molecule has 2 heterocycles. The standard InChI is InChI=1S/C18H26FNO3/c1-22-14-17(21)8-11-23-18(13-17)6-9-20(10-7-18)12-15-2-4-16(19)5-3-15/h2-5,21H,6-14H2,1H3. The smallest absolute Gasteiger partial charge is 0.123 e. The van der Waals surface area contributed by atoms with Gasteiger partial charge in [-0.05, 0) is 30.5 Å². The lowest BCUT2D eigenvalue weighted by molar-refractivity contribution is -0.191. The van der Waals surface area contributed by atoms with Crippen molar-refractivity contribution >= 4 is 0 Å². The Bertz CT molecular complexity index is 510. The number of piperidine rings is 1. The van der Waals surface area contributed by atoms with E-state index in [1.54, 1.807) is 7.11 Å². The molecule has 0 saturated carbocycles. The molecule has 0 amide bonds. The second-order valence-electron chi connectivity index (χ2n) is 7.02. The molecular weight excluding hydrogens is 297 g/mol. The van der Waals surface area contributed by atoms with E-state index in [0.29, 0.717) is 26.1 Å². The first-order valence-corrected chi connectivity index (χ1v) is 8.35. The fourth-order valence-electron chi connectivity index (χ4n) is 3.88. The number of halogens is 1. The maximum Gasteiger partial charge on any atom is 0.123 e. The molecule has 2 aliphatic heterocycles. The summed E-state index contributed by atoms with van der Waals surface area (Å²) >= 11 is 0. The summed E-state index contributed by atoms with van der Waals surface area (Å²) in [4.78, 5) is 2.37. The molecule has 5 heteroatoms. The van der Waals surface area contributed by atoms with Gasteiger partial charge in [-0.1, -0.05) is 12.1 Å². The van der Waals surface area contributed by atoms with Crippen LogP contribution in [0.1, 0.15) is 31.2 Å². The Balaban J connectivity index is 1.56. The molecule has 0 aliphatic carbocycles. The molecule has 3 rings (SSSR count). The summed E-state index contributed by atoms with van der Waals surface area (Å²) in [5, 5.41) is 10.7. The second-order valence-corrected chi connectivity index (χ2v) is 7.02. The van der Waals surface area contributed by atoms with Gasteiger partial charge in [-0.2, -0.15) is 0 Å². The van der Waals surface area contributed by atoms with Crippen LogP contribution in [-0.2, 0) is 16.0 Å². The second kappa shape index (κ2) is 6.85.